The van der Waals surface area contributed by atoms with Crippen molar-refractivity contribution in [1.82, 2.24) is 10.3 Å². The normalized spacial score (nSPS) is 10.7. The van der Waals surface area contributed by atoms with E-state index in [0.717, 1.165) is 15.7 Å². The minimum absolute atomic E-state index is 0.131. The maximum absolute atomic E-state index is 13.7. The molecule has 2 aromatic carbocycles. The molecule has 3 rings (SSSR count). The van der Waals surface area contributed by atoms with Crippen molar-refractivity contribution < 1.29 is 14.0 Å². The molecule has 0 fully saturated rings. The molecule has 134 valence electrons. The highest BCUT2D eigenvalue weighted by Gasteiger charge is 2.12. The number of aryl methyl sites for hydroxylation is 1. The molecule has 0 unspecified atom stereocenters. The van der Waals surface area contributed by atoms with Gasteiger partial charge < -0.3 is 15.6 Å². The lowest BCUT2D eigenvalue weighted by atomic mass is 10.2. The Bertz CT molecular complexity index is 984. The molecule has 1 aromatic heterocycles. The molecule has 0 aliphatic heterocycles. The number of anilines is 1. The molecule has 0 bridgehead atoms. The molecule has 5 nitrogen and oxygen atoms in total. The molecule has 1 heterocycles. The average Bonchev–Trinajstić information content (AvgIpc) is 3.04. The van der Waals surface area contributed by atoms with Crippen LogP contribution in [-0.2, 0) is 4.79 Å². The Labute approximate surface area is 158 Å². The van der Waals surface area contributed by atoms with E-state index in [0.29, 0.717) is 10.9 Å². The number of benzene rings is 2. The van der Waals surface area contributed by atoms with Crippen LogP contribution in [0.4, 0.5) is 10.1 Å². The van der Waals surface area contributed by atoms with E-state index in [1.807, 2.05) is 25.1 Å². The number of amides is 2. The summed E-state index contributed by atoms with van der Waals surface area (Å²) in [6.45, 7) is 2.08. The number of aromatic amines is 1. The first-order chi connectivity index (χ1) is 12.4. The fourth-order valence-corrected chi connectivity index (χ4v) is 2.93. The maximum Gasteiger partial charge on any atom is 0.267 e. The third kappa shape index (κ3) is 4.11. The first kappa shape index (κ1) is 18.1. The van der Waals surface area contributed by atoms with Crippen LogP contribution in [0.3, 0.4) is 0 Å². The van der Waals surface area contributed by atoms with Crippen LogP contribution in [0, 0.1) is 12.7 Å². The van der Waals surface area contributed by atoms with Gasteiger partial charge in [-0.15, -0.1) is 0 Å². The minimum Gasteiger partial charge on any atom is -0.350 e. The maximum atomic E-state index is 13.7. The second-order valence-corrected chi connectivity index (χ2v) is 6.81. The second-order valence-electron chi connectivity index (χ2n) is 5.90. The summed E-state index contributed by atoms with van der Waals surface area (Å²) >= 11 is 3.36. The van der Waals surface area contributed by atoms with E-state index in [2.05, 4.69) is 31.5 Å². The Morgan fingerprint density at radius 2 is 2.00 bits per heavy atom. The van der Waals surface area contributed by atoms with Gasteiger partial charge >= 0.3 is 0 Å². The third-order valence-corrected chi connectivity index (χ3v) is 4.46. The second kappa shape index (κ2) is 7.70. The summed E-state index contributed by atoms with van der Waals surface area (Å²) in [4.78, 5) is 27.1. The first-order valence-corrected chi connectivity index (χ1v) is 8.85. The van der Waals surface area contributed by atoms with Crippen molar-refractivity contribution in [2.45, 2.75) is 13.3 Å². The van der Waals surface area contributed by atoms with Crippen LogP contribution in [0.1, 0.15) is 22.5 Å². The SMILES string of the molecule is Cc1ccc(Br)cc1NC(=O)CCNC(=O)c1cc2c(F)cccc2[nH]1. The highest BCUT2D eigenvalue weighted by Crippen LogP contribution is 2.21. The number of aromatic nitrogens is 1. The number of rotatable bonds is 5. The molecule has 0 saturated heterocycles. The Morgan fingerprint density at radius 1 is 1.19 bits per heavy atom. The number of halogens is 2. The van der Waals surface area contributed by atoms with E-state index in [1.54, 1.807) is 12.1 Å². The van der Waals surface area contributed by atoms with Gasteiger partial charge in [-0.2, -0.15) is 0 Å². The lowest BCUT2D eigenvalue weighted by Gasteiger charge is -2.09. The molecule has 3 aromatic rings. The van der Waals surface area contributed by atoms with Crippen LogP contribution < -0.4 is 10.6 Å². The lowest BCUT2D eigenvalue weighted by molar-refractivity contribution is -0.116. The smallest absolute Gasteiger partial charge is 0.267 e. The van der Waals surface area contributed by atoms with Gasteiger partial charge in [0.2, 0.25) is 5.91 Å². The summed E-state index contributed by atoms with van der Waals surface area (Å²) in [5.74, 6) is -0.970. The van der Waals surface area contributed by atoms with Crippen LogP contribution in [0.2, 0.25) is 0 Å². The summed E-state index contributed by atoms with van der Waals surface area (Å²) in [5.41, 5.74) is 2.49. The van der Waals surface area contributed by atoms with Crippen LogP contribution in [-0.4, -0.2) is 23.3 Å². The van der Waals surface area contributed by atoms with E-state index in [4.69, 9.17) is 0 Å². The van der Waals surface area contributed by atoms with Crippen molar-refractivity contribution in [3.05, 3.63) is 64.0 Å². The molecule has 0 radical (unpaired) electrons. The first-order valence-electron chi connectivity index (χ1n) is 8.05. The van der Waals surface area contributed by atoms with Gasteiger partial charge in [0, 0.05) is 34.0 Å². The number of carbonyl (C=O) groups excluding carboxylic acids is 2. The summed E-state index contributed by atoms with van der Waals surface area (Å²) in [6.07, 6.45) is 0.131. The molecule has 7 heteroatoms. The zero-order chi connectivity index (χ0) is 18.7. The Hall–Kier alpha value is -2.67. The van der Waals surface area contributed by atoms with Crippen molar-refractivity contribution in [1.29, 1.82) is 0 Å². The molecule has 0 aliphatic rings. The van der Waals surface area contributed by atoms with E-state index >= 15 is 0 Å². The van der Waals surface area contributed by atoms with Crippen LogP contribution in [0.15, 0.2) is 46.9 Å². The monoisotopic (exact) mass is 417 g/mol. The summed E-state index contributed by atoms with van der Waals surface area (Å²) < 4.78 is 14.6. The summed E-state index contributed by atoms with van der Waals surface area (Å²) in [6, 6.07) is 11.7. The molecule has 3 N–H and O–H groups in total. The average molecular weight is 418 g/mol. The quantitative estimate of drug-likeness (QED) is 0.583. The molecular weight excluding hydrogens is 401 g/mol. The van der Waals surface area contributed by atoms with Gasteiger partial charge in [0.15, 0.2) is 0 Å². The number of hydrogen-bond acceptors (Lipinski definition) is 2. The molecule has 0 atom stereocenters. The van der Waals surface area contributed by atoms with Crippen molar-refractivity contribution >= 4 is 44.3 Å². The van der Waals surface area contributed by atoms with E-state index in [-0.39, 0.29) is 36.3 Å². The Morgan fingerprint density at radius 3 is 2.77 bits per heavy atom. The fraction of sp³-hybridized carbons (Fsp3) is 0.158. The highest BCUT2D eigenvalue weighted by molar-refractivity contribution is 9.10. The van der Waals surface area contributed by atoms with E-state index in [1.165, 1.54) is 12.1 Å². The predicted octanol–water partition coefficient (Wildman–Crippen LogP) is 4.14. The molecule has 0 aliphatic carbocycles. The lowest BCUT2D eigenvalue weighted by Crippen LogP contribution is -2.28. The molecule has 26 heavy (non-hydrogen) atoms. The van der Waals surface area contributed by atoms with Gasteiger partial charge in [-0.3, -0.25) is 9.59 Å². The number of fused-ring (bicyclic) bond motifs is 1. The van der Waals surface area contributed by atoms with Crippen molar-refractivity contribution in [3.63, 3.8) is 0 Å². The van der Waals surface area contributed by atoms with Gasteiger partial charge in [0.25, 0.3) is 5.91 Å². The topological polar surface area (TPSA) is 74.0 Å². The highest BCUT2D eigenvalue weighted by atomic mass is 79.9. The van der Waals surface area contributed by atoms with Crippen molar-refractivity contribution in [2.24, 2.45) is 0 Å². The van der Waals surface area contributed by atoms with E-state index < -0.39 is 0 Å². The Balaban J connectivity index is 1.55. The largest absolute Gasteiger partial charge is 0.350 e. The third-order valence-electron chi connectivity index (χ3n) is 3.97. The molecular formula is C19H17BrFN3O2. The van der Waals surface area contributed by atoms with Gasteiger partial charge in [-0.05, 0) is 42.8 Å². The number of nitrogens with one attached hydrogen (secondary N) is 3. The minimum atomic E-state index is -0.387. The van der Waals surface area contributed by atoms with Crippen molar-refractivity contribution in [3.8, 4) is 0 Å². The van der Waals surface area contributed by atoms with E-state index in [9.17, 15) is 14.0 Å². The van der Waals surface area contributed by atoms with Crippen molar-refractivity contribution in [2.75, 3.05) is 11.9 Å². The van der Waals surface area contributed by atoms with Crippen LogP contribution >= 0.6 is 15.9 Å². The van der Waals surface area contributed by atoms with Gasteiger partial charge in [0.1, 0.15) is 11.5 Å². The van der Waals surface area contributed by atoms with Crippen LogP contribution in [0.5, 0.6) is 0 Å². The molecule has 0 spiro atoms. The number of hydrogen-bond donors (Lipinski definition) is 3. The Kier molecular flexibility index (Phi) is 5.37. The standard InChI is InChI=1S/C19H17BrFN3O2/c1-11-5-6-12(20)9-16(11)24-18(25)7-8-22-19(26)17-10-13-14(21)3-2-4-15(13)23-17/h2-6,9-10,23H,7-8H2,1H3,(H,22,26)(H,24,25). The number of carbonyl (C=O) groups is 2. The molecule has 0 saturated carbocycles. The predicted molar refractivity (Wildman–Crippen MR) is 103 cm³/mol. The van der Waals surface area contributed by atoms with Gasteiger partial charge in [0.05, 0.1) is 0 Å². The summed E-state index contributed by atoms with van der Waals surface area (Å²) in [5, 5.41) is 5.84. The summed E-state index contributed by atoms with van der Waals surface area (Å²) in [7, 11) is 0. The van der Waals surface area contributed by atoms with Gasteiger partial charge in [-0.1, -0.05) is 28.1 Å². The fourth-order valence-electron chi connectivity index (χ4n) is 2.57. The zero-order valence-electron chi connectivity index (χ0n) is 14.0. The molecule has 2 amide bonds. The zero-order valence-corrected chi connectivity index (χ0v) is 15.6. The van der Waals surface area contributed by atoms with Gasteiger partial charge in [-0.25, -0.2) is 4.39 Å². The van der Waals surface area contributed by atoms with Crippen LogP contribution in [0.25, 0.3) is 10.9 Å². The number of H-pyrrole nitrogens is 1.